The van der Waals surface area contributed by atoms with E-state index in [9.17, 15) is 57.8 Å². The minimum atomic E-state index is -1.31. The number of nitrogens with zero attached hydrogens (tertiary/aromatic N) is 1. The molecule has 0 aromatic carbocycles. The van der Waals surface area contributed by atoms with Crippen molar-refractivity contribution >= 4 is 65.0 Å². The first-order valence-electron chi connectivity index (χ1n) is 23.4. The Kier molecular flexibility index (Phi) is 24.3. The van der Waals surface area contributed by atoms with Crippen LogP contribution in [0.3, 0.4) is 0 Å². The summed E-state index contributed by atoms with van der Waals surface area (Å²) in [6.07, 6.45) is 2.36. The van der Waals surface area contributed by atoms with Gasteiger partial charge in [0.2, 0.25) is 59.1 Å². The SMILES string of the molecule is CC(C)C[C@H](NC(=O)CNC(=O)[C@H](CC(C)C)NC(=O)[C@H](CCC(N)=O)NC(=O)CNC(=O)[C@@H]1CC(C)(C)CN1)C(=O)N[C@@H](C)C(=O)NCC(=O)N1CCC[C@H]1C(=O)N[C@@H](CCCCN)C(=O)O. The first-order chi connectivity index (χ1) is 31.8. The van der Waals surface area contributed by atoms with Gasteiger partial charge in [0.15, 0.2) is 0 Å². The lowest BCUT2D eigenvalue weighted by molar-refractivity contribution is -0.144. The topological polar surface area (TPSA) is 372 Å². The van der Waals surface area contributed by atoms with Crippen molar-refractivity contribution in [2.24, 2.45) is 28.7 Å². The van der Waals surface area contributed by atoms with Crippen LogP contribution in [-0.2, 0) is 52.7 Å². The largest absolute Gasteiger partial charge is 0.480 e. The fourth-order valence-electron chi connectivity index (χ4n) is 7.74. The molecule has 0 aliphatic carbocycles. The van der Waals surface area contributed by atoms with E-state index < -0.39 is 121 Å². The summed E-state index contributed by atoms with van der Waals surface area (Å²) in [6.45, 7) is 12.2. The molecule has 2 aliphatic rings. The highest BCUT2D eigenvalue weighted by Gasteiger charge is 2.37. The lowest BCUT2D eigenvalue weighted by Crippen LogP contribution is -2.57. The molecular formula is C44H76N12O12. The molecule has 7 atom stereocenters. The molecule has 0 spiro atoms. The van der Waals surface area contributed by atoms with Gasteiger partial charge in [0.25, 0.3) is 0 Å². The van der Waals surface area contributed by atoms with Gasteiger partial charge in [-0.2, -0.15) is 0 Å². The summed E-state index contributed by atoms with van der Waals surface area (Å²) in [5.41, 5.74) is 10.7. The molecular weight excluding hydrogens is 889 g/mol. The zero-order chi connectivity index (χ0) is 51.3. The molecule has 2 fully saturated rings. The summed E-state index contributed by atoms with van der Waals surface area (Å²) >= 11 is 0. The number of primary amides is 1. The Balaban J connectivity index is 1.98. The molecule has 0 bridgehead atoms. The summed E-state index contributed by atoms with van der Waals surface area (Å²) in [4.78, 5) is 143. The molecule has 0 unspecified atom stereocenters. The van der Waals surface area contributed by atoms with Crippen molar-refractivity contribution in [3.05, 3.63) is 0 Å². The maximum atomic E-state index is 13.5. The predicted molar refractivity (Wildman–Crippen MR) is 247 cm³/mol. The van der Waals surface area contributed by atoms with E-state index >= 15 is 0 Å². The van der Waals surface area contributed by atoms with E-state index in [1.165, 1.54) is 11.8 Å². The van der Waals surface area contributed by atoms with Crippen LogP contribution in [0.1, 0.15) is 113 Å². The lowest BCUT2D eigenvalue weighted by Gasteiger charge is -2.26. The summed E-state index contributed by atoms with van der Waals surface area (Å²) in [7, 11) is 0. The van der Waals surface area contributed by atoms with Crippen LogP contribution in [0, 0.1) is 17.3 Å². The van der Waals surface area contributed by atoms with Gasteiger partial charge in [0, 0.05) is 19.5 Å². The number of unbranched alkanes of at least 4 members (excludes halogenated alkanes) is 1. The smallest absolute Gasteiger partial charge is 0.326 e. The minimum Gasteiger partial charge on any atom is -0.480 e. The van der Waals surface area contributed by atoms with Crippen LogP contribution >= 0.6 is 0 Å². The van der Waals surface area contributed by atoms with Crippen LogP contribution in [0.5, 0.6) is 0 Å². The van der Waals surface area contributed by atoms with Gasteiger partial charge < -0.3 is 69.3 Å². The molecule has 68 heavy (non-hydrogen) atoms. The Labute approximate surface area is 397 Å². The number of carbonyl (C=O) groups excluding carboxylic acids is 10. The summed E-state index contributed by atoms with van der Waals surface area (Å²) in [5.74, 6) is -8.30. The molecule has 14 N–H and O–H groups in total. The third kappa shape index (κ3) is 20.9. The molecule has 0 aromatic heterocycles. The van der Waals surface area contributed by atoms with Crippen LogP contribution in [0.25, 0.3) is 0 Å². The molecule has 0 aromatic rings. The number of carboxylic acids is 1. The standard InChI is InChI=1S/C44H76N12O12/c1-24(2)17-29(55-40(64)27(13-14-33(46)57)52-34(58)20-48-39(63)31-19-44(6,7)23-50-31)38(62)47-21-35(59)53-30(18-25(3)4)41(65)51-26(5)37(61)49-22-36(60)56-16-10-12-32(56)42(66)54-28(43(67)68)11-8-9-15-45/h24-32,50H,8-23,45H2,1-7H3,(H2,46,57)(H,47,62)(H,48,63)(H,49,61)(H,51,65)(H,52,58)(H,53,59)(H,54,66)(H,55,64)(H,67,68)/t26-,27-,28-,29-,30-,31-,32-/m0/s1. The highest BCUT2D eigenvalue weighted by atomic mass is 16.4. The van der Waals surface area contributed by atoms with Crippen molar-refractivity contribution in [1.29, 1.82) is 0 Å². The van der Waals surface area contributed by atoms with Crippen LogP contribution in [-0.4, -0.2) is 157 Å². The highest BCUT2D eigenvalue weighted by Crippen LogP contribution is 2.27. The van der Waals surface area contributed by atoms with Gasteiger partial charge in [-0.05, 0) is 88.5 Å². The van der Waals surface area contributed by atoms with Crippen molar-refractivity contribution in [2.75, 3.05) is 39.3 Å². The second kappa shape index (κ2) is 28.4. The number of carboxylic acid groups (broad SMARTS) is 1. The second-order valence-electron chi connectivity index (χ2n) is 19.2. The molecule has 2 heterocycles. The van der Waals surface area contributed by atoms with E-state index in [1.807, 2.05) is 13.8 Å². The Morgan fingerprint density at radius 3 is 1.81 bits per heavy atom. The average molecular weight is 965 g/mol. The van der Waals surface area contributed by atoms with Gasteiger partial charge in [-0.15, -0.1) is 0 Å². The molecule has 2 saturated heterocycles. The minimum absolute atomic E-state index is 0.0978. The third-order valence-electron chi connectivity index (χ3n) is 11.4. The molecule has 2 rings (SSSR count). The van der Waals surface area contributed by atoms with Crippen LogP contribution < -0.4 is 59.3 Å². The maximum Gasteiger partial charge on any atom is 0.326 e. The Hall–Kier alpha value is -5.91. The van der Waals surface area contributed by atoms with Crippen molar-refractivity contribution in [3.63, 3.8) is 0 Å². The van der Waals surface area contributed by atoms with Crippen LogP contribution in [0.2, 0.25) is 0 Å². The summed E-state index contributed by atoms with van der Waals surface area (Å²) in [6, 6.07) is -7.41. The zero-order valence-corrected chi connectivity index (χ0v) is 40.5. The molecule has 24 heteroatoms. The van der Waals surface area contributed by atoms with Crippen molar-refractivity contribution < 1.29 is 57.8 Å². The van der Waals surface area contributed by atoms with Gasteiger partial charge in [-0.25, -0.2) is 4.79 Å². The lowest BCUT2D eigenvalue weighted by atomic mass is 9.90. The van der Waals surface area contributed by atoms with E-state index in [0.717, 1.165) is 0 Å². The first-order valence-corrected chi connectivity index (χ1v) is 23.4. The van der Waals surface area contributed by atoms with E-state index in [0.29, 0.717) is 45.2 Å². The number of carbonyl (C=O) groups is 11. The second-order valence-corrected chi connectivity index (χ2v) is 19.2. The normalized spacial score (nSPS) is 18.5. The van der Waals surface area contributed by atoms with Gasteiger partial charge >= 0.3 is 5.97 Å². The molecule has 24 nitrogen and oxygen atoms in total. The van der Waals surface area contributed by atoms with Crippen molar-refractivity contribution in [1.82, 2.24) is 52.8 Å². The fraction of sp³-hybridized carbons (Fsp3) is 0.750. The number of aliphatic carboxylic acids is 1. The van der Waals surface area contributed by atoms with E-state index in [-0.39, 0.29) is 61.8 Å². The molecule has 10 amide bonds. The summed E-state index contributed by atoms with van der Waals surface area (Å²) < 4.78 is 0. The highest BCUT2D eigenvalue weighted by molar-refractivity contribution is 5.97. The van der Waals surface area contributed by atoms with E-state index in [1.54, 1.807) is 27.7 Å². The number of hydrogen-bond donors (Lipinski definition) is 12. The molecule has 384 valence electrons. The molecule has 0 radical (unpaired) electrons. The number of rotatable bonds is 29. The fourth-order valence-corrected chi connectivity index (χ4v) is 7.74. The Morgan fingerprint density at radius 2 is 1.25 bits per heavy atom. The van der Waals surface area contributed by atoms with E-state index in [4.69, 9.17) is 11.5 Å². The predicted octanol–water partition coefficient (Wildman–Crippen LogP) is -3.27. The average Bonchev–Trinajstić information content (AvgIpc) is 3.90. The molecule has 2 aliphatic heterocycles. The van der Waals surface area contributed by atoms with Crippen LogP contribution in [0.15, 0.2) is 0 Å². The quantitative estimate of drug-likeness (QED) is 0.0328. The van der Waals surface area contributed by atoms with Crippen molar-refractivity contribution in [2.45, 2.75) is 155 Å². The number of nitrogens with one attached hydrogen (secondary N) is 9. The van der Waals surface area contributed by atoms with Gasteiger partial charge in [-0.3, -0.25) is 47.9 Å². The molecule has 0 saturated carbocycles. The van der Waals surface area contributed by atoms with Crippen LogP contribution in [0.4, 0.5) is 0 Å². The number of hydrogen-bond acceptors (Lipinski definition) is 13. The van der Waals surface area contributed by atoms with E-state index in [2.05, 4.69) is 47.9 Å². The monoisotopic (exact) mass is 965 g/mol. The Morgan fingerprint density at radius 1 is 0.676 bits per heavy atom. The number of nitrogens with two attached hydrogens (primary N) is 2. The third-order valence-corrected chi connectivity index (χ3v) is 11.4. The number of likely N-dealkylation sites (tertiary alicyclic amines) is 1. The zero-order valence-electron chi connectivity index (χ0n) is 40.5. The van der Waals surface area contributed by atoms with Gasteiger partial charge in [0.05, 0.1) is 25.7 Å². The van der Waals surface area contributed by atoms with Gasteiger partial charge in [-0.1, -0.05) is 41.5 Å². The first kappa shape index (κ1) is 58.2. The maximum absolute atomic E-state index is 13.5. The van der Waals surface area contributed by atoms with Crippen molar-refractivity contribution in [3.8, 4) is 0 Å². The Bertz CT molecular complexity index is 1810. The number of amides is 10. The summed E-state index contributed by atoms with van der Waals surface area (Å²) in [5, 5.41) is 32.8. The van der Waals surface area contributed by atoms with Gasteiger partial charge in [0.1, 0.15) is 36.3 Å².